The zero-order valence-corrected chi connectivity index (χ0v) is 22.1. The van der Waals surface area contributed by atoms with E-state index in [9.17, 15) is 0 Å². The molecule has 0 saturated carbocycles. The molecule has 0 saturated heterocycles. The van der Waals surface area contributed by atoms with Crippen LogP contribution in [0.15, 0.2) is 0 Å². The topological polar surface area (TPSA) is 0 Å². The second kappa shape index (κ2) is 23.6. The van der Waals surface area contributed by atoms with Crippen LogP contribution in [0.2, 0.25) is 0 Å². The molecule has 1 heteroatoms. The van der Waals surface area contributed by atoms with Crippen molar-refractivity contribution in [2.75, 3.05) is 26.2 Å². The minimum absolute atomic E-state index is 1.37. The molecule has 0 aliphatic rings. The van der Waals surface area contributed by atoms with Crippen molar-refractivity contribution in [1.29, 1.82) is 0 Å². The molecule has 0 radical (unpaired) electrons. The zero-order chi connectivity index (χ0) is 22.2. The average molecular weight is 425 g/mol. The van der Waals surface area contributed by atoms with E-state index in [1.165, 1.54) is 165 Å². The highest BCUT2D eigenvalue weighted by atomic mass is 15.3. The Morgan fingerprint density at radius 2 is 0.467 bits per heavy atom. The second-order valence-corrected chi connectivity index (χ2v) is 10.2. The Kier molecular flexibility index (Phi) is 23.6. The van der Waals surface area contributed by atoms with Crippen molar-refractivity contribution in [3.63, 3.8) is 0 Å². The third-order valence-electron chi connectivity index (χ3n) is 7.19. The zero-order valence-electron chi connectivity index (χ0n) is 22.1. The number of hydrogen-bond donors (Lipinski definition) is 0. The van der Waals surface area contributed by atoms with Gasteiger partial charge in [-0.2, -0.15) is 0 Å². The summed E-state index contributed by atoms with van der Waals surface area (Å²) in [7, 11) is 0. The van der Waals surface area contributed by atoms with Crippen LogP contribution >= 0.6 is 0 Å². The first-order valence-corrected chi connectivity index (χ1v) is 14.6. The standard InChI is InChI=1S/C29H62N/c1-5-9-13-17-21-25-29-30(26-22-18-14-10-6-2,27-23-19-15-11-7-3)28-24-20-16-12-8-4/h5-29H2,1-4H3/q+1. The first-order valence-electron chi connectivity index (χ1n) is 14.6. The van der Waals surface area contributed by atoms with Crippen LogP contribution < -0.4 is 0 Å². The Bertz CT molecular complexity index is 275. The molecule has 0 aliphatic heterocycles. The van der Waals surface area contributed by atoms with E-state index in [1.54, 1.807) is 0 Å². The molecule has 1 nitrogen and oxygen atoms in total. The summed E-state index contributed by atoms with van der Waals surface area (Å²) in [6, 6.07) is 0. The van der Waals surface area contributed by atoms with E-state index in [4.69, 9.17) is 0 Å². The molecule has 30 heavy (non-hydrogen) atoms. The van der Waals surface area contributed by atoms with Gasteiger partial charge in [0, 0.05) is 0 Å². The van der Waals surface area contributed by atoms with Gasteiger partial charge in [-0.05, 0) is 51.4 Å². The lowest BCUT2D eigenvalue weighted by Crippen LogP contribution is -2.50. The molecule has 0 aliphatic carbocycles. The van der Waals surface area contributed by atoms with Crippen LogP contribution in [0.1, 0.15) is 163 Å². The fourth-order valence-corrected chi connectivity index (χ4v) is 5.05. The molecule has 182 valence electrons. The Morgan fingerprint density at radius 3 is 0.700 bits per heavy atom. The van der Waals surface area contributed by atoms with E-state index < -0.39 is 0 Å². The lowest BCUT2D eigenvalue weighted by Gasteiger charge is -2.40. The van der Waals surface area contributed by atoms with Crippen molar-refractivity contribution < 1.29 is 4.48 Å². The van der Waals surface area contributed by atoms with Gasteiger partial charge < -0.3 is 4.48 Å². The summed E-state index contributed by atoms with van der Waals surface area (Å²) in [4.78, 5) is 0. The summed E-state index contributed by atoms with van der Waals surface area (Å²) in [6.45, 7) is 15.2. The van der Waals surface area contributed by atoms with Crippen LogP contribution in [0.5, 0.6) is 0 Å². The maximum Gasteiger partial charge on any atom is 0.0786 e. The molecule has 0 bridgehead atoms. The monoisotopic (exact) mass is 424 g/mol. The summed E-state index contributed by atoms with van der Waals surface area (Å²) in [6.07, 6.45) is 30.3. The van der Waals surface area contributed by atoms with E-state index in [0.717, 1.165) is 0 Å². The molecular weight excluding hydrogens is 362 g/mol. The van der Waals surface area contributed by atoms with Gasteiger partial charge in [0.1, 0.15) is 0 Å². The fraction of sp³-hybridized carbons (Fsp3) is 1.00. The van der Waals surface area contributed by atoms with Crippen LogP contribution in [0.4, 0.5) is 0 Å². The second-order valence-electron chi connectivity index (χ2n) is 10.2. The first kappa shape index (κ1) is 30.0. The summed E-state index contributed by atoms with van der Waals surface area (Å²) in [5.41, 5.74) is 0. The molecule has 0 heterocycles. The molecule has 0 rings (SSSR count). The number of quaternary nitrogens is 1. The lowest BCUT2D eigenvalue weighted by atomic mass is 10.1. The van der Waals surface area contributed by atoms with Crippen LogP contribution in [0.25, 0.3) is 0 Å². The van der Waals surface area contributed by atoms with Gasteiger partial charge in [-0.1, -0.05) is 111 Å². The number of nitrogens with zero attached hydrogens (tertiary/aromatic N) is 1. The molecule has 0 aromatic rings. The Labute approximate surface area is 193 Å². The summed E-state index contributed by atoms with van der Waals surface area (Å²) >= 11 is 0. The van der Waals surface area contributed by atoms with Gasteiger partial charge >= 0.3 is 0 Å². The molecule has 0 atom stereocenters. The quantitative estimate of drug-likeness (QED) is 0.101. The van der Waals surface area contributed by atoms with E-state index in [0.29, 0.717) is 0 Å². The third kappa shape index (κ3) is 18.7. The largest absolute Gasteiger partial charge is 0.324 e. The maximum atomic E-state index is 2.34. The highest BCUT2D eigenvalue weighted by molar-refractivity contribution is 4.54. The first-order chi connectivity index (χ1) is 14.7. The van der Waals surface area contributed by atoms with Gasteiger partial charge in [-0.3, -0.25) is 0 Å². The molecule has 0 spiro atoms. The van der Waals surface area contributed by atoms with Crippen LogP contribution in [0.3, 0.4) is 0 Å². The molecule has 0 N–H and O–H groups in total. The summed E-state index contributed by atoms with van der Waals surface area (Å²) < 4.78 is 1.47. The highest BCUT2D eigenvalue weighted by Crippen LogP contribution is 2.20. The van der Waals surface area contributed by atoms with Crippen LogP contribution in [0, 0.1) is 0 Å². The molecule has 0 amide bonds. The number of rotatable bonds is 25. The van der Waals surface area contributed by atoms with Gasteiger partial charge in [0.25, 0.3) is 0 Å². The third-order valence-corrected chi connectivity index (χ3v) is 7.19. The van der Waals surface area contributed by atoms with Crippen LogP contribution in [-0.4, -0.2) is 30.7 Å². The normalized spacial score (nSPS) is 12.0. The smallest absolute Gasteiger partial charge is 0.0786 e. The number of unbranched alkanes of at least 4 members (excludes halogenated alkanes) is 17. The van der Waals surface area contributed by atoms with Crippen molar-refractivity contribution in [3.8, 4) is 0 Å². The molecule has 0 aromatic carbocycles. The Balaban J connectivity index is 4.69. The molecular formula is C29H62N+. The Morgan fingerprint density at radius 1 is 0.267 bits per heavy atom. The average Bonchev–Trinajstić information content (AvgIpc) is 2.75. The fourth-order valence-electron chi connectivity index (χ4n) is 5.05. The van der Waals surface area contributed by atoms with E-state index >= 15 is 0 Å². The van der Waals surface area contributed by atoms with Crippen molar-refractivity contribution in [2.45, 2.75) is 163 Å². The van der Waals surface area contributed by atoms with E-state index in [-0.39, 0.29) is 0 Å². The summed E-state index contributed by atoms with van der Waals surface area (Å²) in [5.74, 6) is 0. The molecule has 0 fully saturated rings. The predicted octanol–water partition coefficient (Wildman–Crippen LogP) is 10.1. The van der Waals surface area contributed by atoms with Gasteiger partial charge in [0.05, 0.1) is 26.2 Å². The minimum Gasteiger partial charge on any atom is -0.324 e. The van der Waals surface area contributed by atoms with Gasteiger partial charge in [-0.25, -0.2) is 0 Å². The van der Waals surface area contributed by atoms with Gasteiger partial charge in [0.15, 0.2) is 0 Å². The summed E-state index contributed by atoms with van der Waals surface area (Å²) in [5, 5.41) is 0. The van der Waals surface area contributed by atoms with Crippen LogP contribution in [-0.2, 0) is 0 Å². The Hall–Kier alpha value is -0.0400. The molecule has 0 aromatic heterocycles. The lowest BCUT2D eigenvalue weighted by molar-refractivity contribution is -0.929. The van der Waals surface area contributed by atoms with Crippen molar-refractivity contribution in [2.24, 2.45) is 0 Å². The van der Waals surface area contributed by atoms with Gasteiger partial charge in [-0.15, -0.1) is 0 Å². The number of hydrogen-bond acceptors (Lipinski definition) is 0. The predicted molar refractivity (Wildman–Crippen MR) is 139 cm³/mol. The molecule has 0 unspecified atom stereocenters. The van der Waals surface area contributed by atoms with Gasteiger partial charge in [0.2, 0.25) is 0 Å². The van der Waals surface area contributed by atoms with Crippen molar-refractivity contribution in [1.82, 2.24) is 0 Å². The van der Waals surface area contributed by atoms with Crippen molar-refractivity contribution >= 4 is 0 Å². The maximum absolute atomic E-state index is 2.34. The SMILES string of the molecule is CCCCCCCC[N+](CCCCCCC)(CCCCCCC)CCCCCCC. The van der Waals surface area contributed by atoms with E-state index in [2.05, 4.69) is 27.7 Å². The highest BCUT2D eigenvalue weighted by Gasteiger charge is 2.25. The van der Waals surface area contributed by atoms with E-state index in [1.807, 2.05) is 0 Å². The minimum atomic E-state index is 1.37. The van der Waals surface area contributed by atoms with Crippen molar-refractivity contribution in [3.05, 3.63) is 0 Å².